The van der Waals surface area contributed by atoms with E-state index in [0.717, 1.165) is 0 Å². The molecule has 3 heteroatoms. The van der Waals surface area contributed by atoms with E-state index in [9.17, 15) is 4.79 Å². The van der Waals surface area contributed by atoms with Gasteiger partial charge in [-0.1, -0.05) is 34.6 Å². The summed E-state index contributed by atoms with van der Waals surface area (Å²) >= 11 is 0. The Kier molecular flexibility index (Phi) is 3.68. The van der Waals surface area contributed by atoms with Crippen molar-refractivity contribution < 1.29 is 14.3 Å². The number of methoxy groups -OCH3 is 1. The minimum Gasteiger partial charge on any atom is -0.469 e. The molecule has 0 N–H and O–H groups in total. The molecule has 94 valence electrons. The molecule has 1 rings (SSSR count). The van der Waals surface area contributed by atoms with Gasteiger partial charge in [-0.25, -0.2) is 0 Å². The molecule has 0 aromatic heterocycles. The molecule has 0 saturated carbocycles. The van der Waals surface area contributed by atoms with E-state index in [0.29, 0.717) is 13.2 Å². The van der Waals surface area contributed by atoms with E-state index < -0.39 is 0 Å². The first-order valence-electron chi connectivity index (χ1n) is 5.92. The topological polar surface area (TPSA) is 35.5 Å². The molecule has 1 unspecified atom stereocenters. The van der Waals surface area contributed by atoms with Crippen LogP contribution in [0.15, 0.2) is 0 Å². The zero-order chi connectivity index (χ0) is 12.6. The first-order chi connectivity index (χ1) is 7.26. The molecule has 1 saturated heterocycles. The van der Waals surface area contributed by atoms with E-state index in [-0.39, 0.29) is 28.6 Å². The molecule has 0 aromatic rings. The minimum absolute atomic E-state index is 0.0500. The van der Waals surface area contributed by atoms with Crippen molar-refractivity contribution in [3.8, 4) is 0 Å². The fourth-order valence-electron chi connectivity index (χ4n) is 2.66. The largest absolute Gasteiger partial charge is 0.469 e. The van der Waals surface area contributed by atoms with Crippen molar-refractivity contribution in [3.05, 3.63) is 0 Å². The summed E-state index contributed by atoms with van der Waals surface area (Å²) in [7, 11) is 1.47. The van der Waals surface area contributed by atoms with Gasteiger partial charge in [0.25, 0.3) is 0 Å². The van der Waals surface area contributed by atoms with Crippen molar-refractivity contribution in [2.45, 2.75) is 34.6 Å². The normalized spacial score (nSPS) is 21.4. The molecule has 1 aliphatic rings. The van der Waals surface area contributed by atoms with Crippen LogP contribution in [0.4, 0.5) is 0 Å². The fourth-order valence-corrected chi connectivity index (χ4v) is 2.66. The Morgan fingerprint density at radius 2 is 1.81 bits per heavy atom. The van der Waals surface area contributed by atoms with Crippen LogP contribution in [0.25, 0.3) is 0 Å². The summed E-state index contributed by atoms with van der Waals surface area (Å²) in [5, 5.41) is 0. The Labute approximate surface area is 98.5 Å². The quantitative estimate of drug-likeness (QED) is 0.696. The van der Waals surface area contributed by atoms with Gasteiger partial charge in [-0.3, -0.25) is 4.79 Å². The molecule has 1 heterocycles. The predicted molar refractivity (Wildman–Crippen MR) is 63.1 cm³/mol. The number of carbonyl (C=O) groups excluding carboxylic acids is 1. The predicted octanol–water partition coefficient (Wildman–Crippen LogP) is 2.49. The minimum atomic E-state index is -0.103. The molecule has 1 fully saturated rings. The van der Waals surface area contributed by atoms with Crippen LogP contribution >= 0.6 is 0 Å². The highest BCUT2D eigenvalue weighted by Gasteiger charge is 2.57. The zero-order valence-corrected chi connectivity index (χ0v) is 11.3. The second-order valence-electron chi connectivity index (χ2n) is 6.14. The highest BCUT2D eigenvalue weighted by Crippen LogP contribution is 2.52. The van der Waals surface area contributed by atoms with E-state index in [2.05, 4.69) is 34.6 Å². The second-order valence-corrected chi connectivity index (χ2v) is 6.14. The van der Waals surface area contributed by atoms with E-state index in [1.54, 1.807) is 0 Å². The van der Waals surface area contributed by atoms with Gasteiger partial charge in [0.15, 0.2) is 0 Å². The van der Waals surface area contributed by atoms with Crippen molar-refractivity contribution in [2.75, 3.05) is 20.3 Å². The first kappa shape index (κ1) is 13.5. The van der Waals surface area contributed by atoms with Crippen molar-refractivity contribution in [1.82, 2.24) is 0 Å². The van der Waals surface area contributed by atoms with E-state index >= 15 is 0 Å². The Morgan fingerprint density at radius 3 is 2.00 bits per heavy atom. The molecule has 1 atom stereocenters. The summed E-state index contributed by atoms with van der Waals surface area (Å²) in [5.41, 5.74) is -0.0252. The molecule has 0 radical (unpaired) electrons. The van der Waals surface area contributed by atoms with Crippen LogP contribution in [-0.2, 0) is 14.3 Å². The van der Waals surface area contributed by atoms with Crippen LogP contribution in [0.1, 0.15) is 34.6 Å². The highest BCUT2D eigenvalue weighted by molar-refractivity contribution is 5.74. The van der Waals surface area contributed by atoms with Crippen LogP contribution in [0, 0.1) is 22.7 Å². The maximum absolute atomic E-state index is 12.0. The Hall–Kier alpha value is -0.570. The average molecular weight is 228 g/mol. The zero-order valence-electron chi connectivity index (χ0n) is 11.3. The molecular formula is C13H24O3. The van der Waals surface area contributed by atoms with Crippen LogP contribution in [0.5, 0.6) is 0 Å². The third-order valence-corrected chi connectivity index (χ3v) is 3.93. The smallest absolute Gasteiger partial charge is 0.309 e. The maximum Gasteiger partial charge on any atom is 0.309 e. The summed E-state index contributed by atoms with van der Waals surface area (Å²) in [6, 6.07) is 0. The highest BCUT2D eigenvalue weighted by atomic mass is 16.5. The maximum atomic E-state index is 12.0. The van der Waals surface area contributed by atoms with Gasteiger partial charge in [0.05, 0.1) is 26.2 Å². The average Bonchev–Trinajstić information content (AvgIpc) is 2.06. The number of hydrogen-bond donors (Lipinski definition) is 0. The molecule has 0 bridgehead atoms. The van der Waals surface area contributed by atoms with Gasteiger partial charge in [0.2, 0.25) is 0 Å². The lowest BCUT2D eigenvalue weighted by Crippen LogP contribution is -2.60. The van der Waals surface area contributed by atoms with Crippen LogP contribution in [0.2, 0.25) is 0 Å². The molecule has 1 aliphatic heterocycles. The number of ether oxygens (including phenoxy) is 2. The lowest BCUT2D eigenvalue weighted by atomic mass is 9.56. The number of rotatable bonds is 3. The molecular weight excluding hydrogens is 204 g/mol. The first-order valence-corrected chi connectivity index (χ1v) is 5.92. The number of carbonyl (C=O) groups is 1. The SMILES string of the molecule is COC(=O)C(C(C)C)C1(C(C)(C)C)COC1. The number of esters is 1. The second kappa shape index (κ2) is 4.36. The molecule has 0 amide bonds. The third kappa shape index (κ3) is 1.97. The lowest BCUT2D eigenvalue weighted by molar-refractivity contribution is -0.219. The van der Waals surface area contributed by atoms with E-state index in [1.807, 2.05) is 0 Å². The lowest BCUT2D eigenvalue weighted by Gasteiger charge is -2.55. The van der Waals surface area contributed by atoms with Crippen molar-refractivity contribution in [2.24, 2.45) is 22.7 Å². The van der Waals surface area contributed by atoms with Gasteiger partial charge in [0.1, 0.15) is 0 Å². The van der Waals surface area contributed by atoms with Crippen LogP contribution in [0.3, 0.4) is 0 Å². The monoisotopic (exact) mass is 228 g/mol. The Balaban J connectivity index is 3.04. The Morgan fingerprint density at radius 1 is 1.31 bits per heavy atom. The standard InChI is InChI=1S/C13H24O3/c1-9(2)10(11(14)15-6)13(7-16-8-13)12(3,4)5/h9-10H,7-8H2,1-6H3. The summed E-state index contributed by atoms with van der Waals surface area (Å²) in [6.07, 6.45) is 0. The molecule has 0 aromatic carbocycles. The van der Waals surface area contributed by atoms with Crippen molar-refractivity contribution in [3.63, 3.8) is 0 Å². The summed E-state index contributed by atoms with van der Waals surface area (Å²) in [4.78, 5) is 12.0. The van der Waals surface area contributed by atoms with Gasteiger partial charge in [-0.05, 0) is 11.3 Å². The van der Waals surface area contributed by atoms with Gasteiger partial charge < -0.3 is 9.47 Å². The van der Waals surface area contributed by atoms with E-state index in [4.69, 9.17) is 9.47 Å². The van der Waals surface area contributed by atoms with Crippen LogP contribution < -0.4 is 0 Å². The van der Waals surface area contributed by atoms with Gasteiger partial charge in [0, 0.05) is 5.41 Å². The molecule has 3 nitrogen and oxygen atoms in total. The summed E-state index contributed by atoms with van der Waals surface area (Å²) < 4.78 is 10.3. The van der Waals surface area contributed by atoms with Gasteiger partial charge in [-0.2, -0.15) is 0 Å². The molecule has 16 heavy (non-hydrogen) atoms. The van der Waals surface area contributed by atoms with Crippen LogP contribution in [-0.4, -0.2) is 26.3 Å². The van der Waals surface area contributed by atoms with Crippen molar-refractivity contribution in [1.29, 1.82) is 0 Å². The van der Waals surface area contributed by atoms with E-state index in [1.165, 1.54) is 7.11 Å². The third-order valence-electron chi connectivity index (χ3n) is 3.93. The summed E-state index contributed by atoms with van der Waals surface area (Å²) in [5.74, 6) is 0.0926. The van der Waals surface area contributed by atoms with Crippen molar-refractivity contribution >= 4 is 5.97 Å². The van der Waals surface area contributed by atoms with Gasteiger partial charge in [-0.15, -0.1) is 0 Å². The van der Waals surface area contributed by atoms with Gasteiger partial charge >= 0.3 is 5.97 Å². The molecule has 0 aliphatic carbocycles. The Bertz CT molecular complexity index is 259. The number of hydrogen-bond acceptors (Lipinski definition) is 3. The fraction of sp³-hybridized carbons (Fsp3) is 0.923. The molecule has 0 spiro atoms. The summed E-state index contributed by atoms with van der Waals surface area (Å²) in [6.45, 7) is 12.0.